The summed E-state index contributed by atoms with van der Waals surface area (Å²) < 4.78 is 5.60. The second-order valence-electron chi connectivity index (χ2n) is 5.65. The summed E-state index contributed by atoms with van der Waals surface area (Å²) in [7, 11) is 0. The van der Waals surface area contributed by atoms with E-state index >= 15 is 0 Å². The van der Waals surface area contributed by atoms with E-state index in [4.69, 9.17) is 16.3 Å². The molecule has 22 heavy (non-hydrogen) atoms. The van der Waals surface area contributed by atoms with E-state index in [1.54, 1.807) is 0 Å². The predicted octanol–water partition coefficient (Wildman–Crippen LogP) is 3.85. The molecule has 0 radical (unpaired) electrons. The molecule has 122 valence electrons. The summed E-state index contributed by atoms with van der Waals surface area (Å²) in [6.07, 6.45) is 5.60. The third-order valence-corrected chi connectivity index (χ3v) is 4.29. The lowest BCUT2D eigenvalue weighted by Gasteiger charge is -2.29. The number of likely N-dealkylation sites (tertiary alicyclic amines) is 1. The van der Waals surface area contributed by atoms with Gasteiger partial charge in [-0.3, -0.25) is 9.69 Å². The molecular formula is C17H25ClN2O2. The standard InChI is InChI=1S/C17H25ClN2O2/c1-2-3-13-22-15-9-7-14(8-10-15)19-17(21)16(18)20-11-5-4-6-12-20/h7-10,16H,2-6,11-13H2,1H3,(H,19,21). The second-order valence-corrected chi connectivity index (χ2v) is 6.06. The van der Waals surface area contributed by atoms with Crippen LogP contribution < -0.4 is 10.1 Å². The van der Waals surface area contributed by atoms with Gasteiger partial charge in [0.15, 0.2) is 5.50 Å². The van der Waals surface area contributed by atoms with E-state index in [-0.39, 0.29) is 5.91 Å². The van der Waals surface area contributed by atoms with Gasteiger partial charge in [-0.25, -0.2) is 0 Å². The highest BCUT2D eigenvalue weighted by Gasteiger charge is 2.24. The van der Waals surface area contributed by atoms with E-state index in [2.05, 4.69) is 12.2 Å². The zero-order valence-corrected chi connectivity index (χ0v) is 13.9. The number of alkyl halides is 1. The van der Waals surface area contributed by atoms with Crippen molar-refractivity contribution in [1.29, 1.82) is 0 Å². The summed E-state index contributed by atoms with van der Waals surface area (Å²) in [6.45, 7) is 4.64. The Morgan fingerprint density at radius 2 is 1.95 bits per heavy atom. The highest BCUT2D eigenvalue weighted by Crippen LogP contribution is 2.19. The third kappa shape index (κ3) is 5.18. The van der Waals surface area contributed by atoms with Crippen LogP contribution >= 0.6 is 11.6 Å². The lowest BCUT2D eigenvalue weighted by atomic mass is 10.1. The molecule has 1 aliphatic heterocycles. The minimum absolute atomic E-state index is 0.164. The van der Waals surface area contributed by atoms with Gasteiger partial charge in [-0.05, 0) is 43.5 Å². The zero-order valence-electron chi connectivity index (χ0n) is 13.2. The molecule has 5 heteroatoms. The largest absolute Gasteiger partial charge is 0.494 e. The van der Waals surface area contributed by atoms with Crippen LogP contribution in [0.3, 0.4) is 0 Å². The van der Waals surface area contributed by atoms with Crippen molar-refractivity contribution in [2.45, 2.75) is 44.5 Å². The number of halogens is 1. The number of hydrogen-bond donors (Lipinski definition) is 1. The van der Waals surface area contributed by atoms with E-state index < -0.39 is 5.50 Å². The quantitative estimate of drug-likeness (QED) is 0.470. The molecule has 1 heterocycles. The highest BCUT2D eigenvalue weighted by atomic mass is 35.5. The molecule has 1 fully saturated rings. The zero-order chi connectivity index (χ0) is 15.8. The molecule has 0 spiro atoms. The van der Waals surface area contributed by atoms with Crippen LogP contribution in [0.2, 0.25) is 0 Å². The van der Waals surface area contributed by atoms with Crippen molar-refractivity contribution in [3.05, 3.63) is 24.3 Å². The summed E-state index contributed by atoms with van der Waals surface area (Å²) in [5.74, 6) is 0.660. The van der Waals surface area contributed by atoms with Gasteiger partial charge in [-0.2, -0.15) is 0 Å². The fourth-order valence-electron chi connectivity index (χ4n) is 2.48. The average molecular weight is 325 g/mol. The Balaban J connectivity index is 1.82. The average Bonchev–Trinajstić information content (AvgIpc) is 2.57. The van der Waals surface area contributed by atoms with Crippen LogP contribution in [-0.4, -0.2) is 36.0 Å². The molecule has 1 N–H and O–H groups in total. The van der Waals surface area contributed by atoms with Gasteiger partial charge in [0.1, 0.15) is 5.75 Å². The molecule has 1 atom stereocenters. The van der Waals surface area contributed by atoms with E-state index in [1.165, 1.54) is 6.42 Å². The maximum Gasteiger partial charge on any atom is 0.257 e. The fraction of sp³-hybridized carbons (Fsp3) is 0.588. The maximum atomic E-state index is 12.2. The van der Waals surface area contributed by atoms with Crippen LogP contribution in [-0.2, 0) is 4.79 Å². The topological polar surface area (TPSA) is 41.6 Å². The fourth-order valence-corrected chi connectivity index (χ4v) is 2.73. The van der Waals surface area contributed by atoms with Crippen molar-refractivity contribution in [2.24, 2.45) is 0 Å². The second kappa shape index (κ2) is 9.01. The molecule has 0 aliphatic carbocycles. The van der Waals surface area contributed by atoms with Gasteiger partial charge in [0.25, 0.3) is 5.91 Å². The molecule has 1 saturated heterocycles. The first-order chi connectivity index (χ1) is 10.7. The van der Waals surface area contributed by atoms with Gasteiger partial charge in [0.2, 0.25) is 0 Å². The molecule has 0 aromatic heterocycles. The van der Waals surface area contributed by atoms with Crippen molar-refractivity contribution in [3.8, 4) is 5.75 Å². The third-order valence-electron chi connectivity index (χ3n) is 3.82. The molecule has 0 saturated carbocycles. The lowest BCUT2D eigenvalue weighted by molar-refractivity contribution is -0.119. The number of carbonyl (C=O) groups is 1. The molecule has 1 unspecified atom stereocenters. The normalized spacial score (nSPS) is 17.0. The van der Waals surface area contributed by atoms with Crippen molar-refractivity contribution in [3.63, 3.8) is 0 Å². The number of unbranched alkanes of at least 4 members (excludes halogenated alkanes) is 1. The number of ether oxygens (including phenoxy) is 1. The Morgan fingerprint density at radius 3 is 2.59 bits per heavy atom. The van der Waals surface area contributed by atoms with E-state index in [0.717, 1.165) is 56.8 Å². The minimum atomic E-state index is -0.596. The Kier molecular flexibility index (Phi) is 7.00. The number of nitrogens with zero attached hydrogens (tertiary/aromatic N) is 1. The number of piperidine rings is 1. The van der Waals surface area contributed by atoms with Gasteiger partial charge in [-0.1, -0.05) is 31.4 Å². The number of amides is 1. The van der Waals surface area contributed by atoms with Crippen molar-refractivity contribution in [2.75, 3.05) is 25.0 Å². The SMILES string of the molecule is CCCCOc1ccc(NC(=O)C(Cl)N2CCCCC2)cc1. The summed E-state index contributed by atoms with van der Waals surface area (Å²) in [5.41, 5.74) is 0.149. The molecule has 1 aromatic rings. The number of nitrogens with one attached hydrogen (secondary N) is 1. The number of anilines is 1. The lowest BCUT2D eigenvalue weighted by Crippen LogP contribution is -2.43. The molecular weight excluding hydrogens is 300 g/mol. The predicted molar refractivity (Wildman–Crippen MR) is 90.5 cm³/mol. The van der Waals surface area contributed by atoms with Gasteiger partial charge < -0.3 is 10.1 Å². The summed E-state index contributed by atoms with van der Waals surface area (Å²) >= 11 is 6.26. The molecule has 1 amide bonds. The van der Waals surface area contributed by atoms with E-state index in [0.29, 0.717) is 0 Å². The first kappa shape index (κ1) is 17.1. The minimum Gasteiger partial charge on any atom is -0.494 e. The van der Waals surface area contributed by atoms with E-state index in [1.807, 2.05) is 29.2 Å². The Bertz CT molecular complexity index is 458. The molecule has 4 nitrogen and oxygen atoms in total. The number of hydrogen-bond acceptors (Lipinski definition) is 3. The van der Waals surface area contributed by atoms with Gasteiger partial charge >= 0.3 is 0 Å². The number of benzene rings is 1. The number of carbonyl (C=O) groups excluding carboxylic acids is 1. The van der Waals surface area contributed by atoms with Crippen LogP contribution in [0.25, 0.3) is 0 Å². The van der Waals surface area contributed by atoms with Gasteiger partial charge in [-0.15, -0.1) is 0 Å². The Labute approximate surface area is 137 Å². The van der Waals surface area contributed by atoms with Crippen molar-refractivity contribution >= 4 is 23.2 Å². The monoisotopic (exact) mass is 324 g/mol. The molecule has 2 rings (SSSR count). The highest BCUT2D eigenvalue weighted by molar-refractivity contribution is 6.32. The summed E-state index contributed by atoms with van der Waals surface area (Å²) in [4.78, 5) is 14.2. The van der Waals surface area contributed by atoms with Gasteiger partial charge in [0.05, 0.1) is 6.61 Å². The molecule has 1 aliphatic rings. The molecule has 0 bridgehead atoms. The number of rotatable bonds is 7. The summed E-state index contributed by atoms with van der Waals surface area (Å²) in [6, 6.07) is 7.43. The van der Waals surface area contributed by atoms with Crippen LogP contribution in [0.15, 0.2) is 24.3 Å². The first-order valence-electron chi connectivity index (χ1n) is 8.12. The molecule has 1 aromatic carbocycles. The van der Waals surface area contributed by atoms with Gasteiger partial charge in [0, 0.05) is 18.8 Å². The maximum absolute atomic E-state index is 12.2. The van der Waals surface area contributed by atoms with Crippen LogP contribution in [0.5, 0.6) is 5.75 Å². The summed E-state index contributed by atoms with van der Waals surface area (Å²) in [5, 5.41) is 2.87. The van der Waals surface area contributed by atoms with Crippen molar-refractivity contribution < 1.29 is 9.53 Å². The van der Waals surface area contributed by atoms with Crippen LogP contribution in [0.1, 0.15) is 39.0 Å². The first-order valence-corrected chi connectivity index (χ1v) is 8.56. The van der Waals surface area contributed by atoms with E-state index in [9.17, 15) is 4.79 Å². The Hall–Kier alpha value is -1.26. The Morgan fingerprint density at radius 1 is 1.27 bits per heavy atom. The van der Waals surface area contributed by atoms with Crippen LogP contribution in [0, 0.1) is 0 Å². The van der Waals surface area contributed by atoms with Crippen LogP contribution in [0.4, 0.5) is 5.69 Å². The smallest absolute Gasteiger partial charge is 0.257 e. The van der Waals surface area contributed by atoms with Crippen molar-refractivity contribution in [1.82, 2.24) is 4.90 Å².